The van der Waals surface area contributed by atoms with Crippen LogP contribution < -0.4 is 10.0 Å². The Bertz CT molecular complexity index is 471. The molecule has 1 aliphatic heterocycles. The van der Waals surface area contributed by atoms with E-state index in [-0.39, 0.29) is 10.9 Å². The topological polar surface area (TPSA) is 71.1 Å². The predicted octanol–water partition coefficient (Wildman–Crippen LogP) is 0.375. The summed E-state index contributed by atoms with van der Waals surface area (Å²) in [6, 6.07) is 1.34. The van der Waals surface area contributed by atoms with Gasteiger partial charge in [0.2, 0.25) is 10.0 Å². The summed E-state index contributed by atoms with van der Waals surface area (Å²) in [5.74, 6) is 0. The standard InChI is InChI=1S/C9H12ClN3O2S/c10-7-3-9(6-12-4-7)16(14,15)13-8-1-2-11-5-8/h3-4,6,8,11,13H,1-2,5H2. The Kier molecular flexibility index (Phi) is 3.44. The molecule has 0 aromatic carbocycles. The molecule has 0 spiro atoms. The van der Waals surface area contributed by atoms with Crippen molar-refractivity contribution < 1.29 is 8.42 Å². The van der Waals surface area contributed by atoms with Crippen LogP contribution in [-0.2, 0) is 10.0 Å². The quantitative estimate of drug-likeness (QED) is 0.825. The number of pyridine rings is 1. The van der Waals surface area contributed by atoms with Crippen LogP contribution in [0.1, 0.15) is 6.42 Å². The number of nitrogens with zero attached hydrogens (tertiary/aromatic N) is 1. The lowest BCUT2D eigenvalue weighted by Gasteiger charge is -2.11. The minimum absolute atomic E-state index is 0.0519. The molecular formula is C9H12ClN3O2S. The van der Waals surface area contributed by atoms with Crippen molar-refractivity contribution >= 4 is 21.6 Å². The molecule has 1 unspecified atom stereocenters. The molecule has 1 fully saturated rings. The lowest BCUT2D eigenvalue weighted by atomic mass is 10.3. The van der Waals surface area contributed by atoms with E-state index in [1.165, 1.54) is 18.5 Å². The van der Waals surface area contributed by atoms with Gasteiger partial charge in [0, 0.05) is 25.0 Å². The Labute approximate surface area is 99.3 Å². The Balaban J connectivity index is 2.18. The van der Waals surface area contributed by atoms with Gasteiger partial charge in [0.15, 0.2) is 0 Å². The van der Waals surface area contributed by atoms with Gasteiger partial charge >= 0.3 is 0 Å². The van der Waals surface area contributed by atoms with E-state index in [1.54, 1.807) is 0 Å². The van der Waals surface area contributed by atoms with Crippen molar-refractivity contribution in [3.63, 3.8) is 0 Å². The van der Waals surface area contributed by atoms with Crippen LogP contribution in [0.25, 0.3) is 0 Å². The highest BCUT2D eigenvalue weighted by molar-refractivity contribution is 7.89. The van der Waals surface area contributed by atoms with Gasteiger partial charge in [-0.1, -0.05) is 11.6 Å². The van der Waals surface area contributed by atoms with E-state index in [4.69, 9.17) is 11.6 Å². The molecule has 1 aromatic rings. The van der Waals surface area contributed by atoms with Crippen molar-refractivity contribution in [1.29, 1.82) is 0 Å². The zero-order valence-corrected chi connectivity index (χ0v) is 10.1. The molecule has 0 amide bonds. The van der Waals surface area contributed by atoms with Crippen LogP contribution in [0.3, 0.4) is 0 Å². The monoisotopic (exact) mass is 261 g/mol. The number of halogens is 1. The van der Waals surface area contributed by atoms with E-state index < -0.39 is 10.0 Å². The van der Waals surface area contributed by atoms with Crippen molar-refractivity contribution in [1.82, 2.24) is 15.0 Å². The first-order chi connectivity index (χ1) is 7.58. The first-order valence-corrected chi connectivity index (χ1v) is 6.78. The number of hydrogen-bond donors (Lipinski definition) is 2. The predicted molar refractivity (Wildman–Crippen MR) is 60.8 cm³/mol. The third-order valence-corrected chi connectivity index (χ3v) is 4.07. The summed E-state index contributed by atoms with van der Waals surface area (Å²) < 4.78 is 26.4. The van der Waals surface area contributed by atoms with Crippen molar-refractivity contribution in [2.24, 2.45) is 0 Å². The molecule has 2 N–H and O–H groups in total. The Morgan fingerprint density at radius 3 is 2.94 bits per heavy atom. The van der Waals surface area contributed by atoms with Gasteiger partial charge in [-0.15, -0.1) is 0 Å². The van der Waals surface area contributed by atoms with Crippen LogP contribution in [0, 0.1) is 0 Å². The number of nitrogens with one attached hydrogen (secondary N) is 2. The molecule has 1 aliphatic rings. The summed E-state index contributed by atoms with van der Waals surface area (Å²) in [6.07, 6.45) is 3.49. The van der Waals surface area contributed by atoms with Crippen molar-refractivity contribution in [2.45, 2.75) is 17.4 Å². The van der Waals surface area contributed by atoms with Gasteiger partial charge in [0.05, 0.1) is 5.02 Å². The maximum absolute atomic E-state index is 11.9. The summed E-state index contributed by atoms with van der Waals surface area (Å²) in [5, 5.41) is 3.40. The molecule has 0 saturated carbocycles. The van der Waals surface area contributed by atoms with E-state index in [9.17, 15) is 8.42 Å². The van der Waals surface area contributed by atoms with Crippen molar-refractivity contribution in [2.75, 3.05) is 13.1 Å². The van der Waals surface area contributed by atoms with Crippen LogP contribution in [0.5, 0.6) is 0 Å². The molecule has 5 nitrogen and oxygen atoms in total. The van der Waals surface area contributed by atoms with Crippen LogP contribution in [0.15, 0.2) is 23.4 Å². The Morgan fingerprint density at radius 1 is 1.50 bits per heavy atom. The highest BCUT2D eigenvalue weighted by Gasteiger charge is 2.22. The van der Waals surface area contributed by atoms with E-state index in [0.717, 1.165) is 13.0 Å². The summed E-state index contributed by atoms with van der Waals surface area (Å²) in [7, 11) is -3.50. The molecule has 0 aliphatic carbocycles. The minimum Gasteiger partial charge on any atom is -0.315 e. The minimum atomic E-state index is -3.50. The zero-order chi connectivity index (χ0) is 11.6. The van der Waals surface area contributed by atoms with E-state index in [1.807, 2.05) is 0 Å². The molecule has 0 bridgehead atoms. The second-order valence-corrected chi connectivity index (χ2v) is 5.80. The van der Waals surface area contributed by atoms with Gasteiger partial charge in [-0.3, -0.25) is 4.98 Å². The Hall–Kier alpha value is -0.690. The lowest BCUT2D eigenvalue weighted by molar-refractivity contribution is 0.560. The van der Waals surface area contributed by atoms with Gasteiger partial charge in [0.1, 0.15) is 4.90 Å². The van der Waals surface area contributed by atoms with Crippen LogP contribution >= 0.6 is 11.6 Å². The van der Waals surface area contributed by atoms with Gasteiger partial charge < -0.3 is 5.32 Å². The average molecular weight is 262 g/mol. The van der Waals surface area contributed by atoms with Crippen LogP contribution in [-0.4, -0.2) is 32.5 Å². The van der Waals surface area contributed by atoms with Gasteiger partial charge in [0.25, 0.3) is 0 Å². The molecule has 88 valence electrons. The molecule has 7 heteroatoms. The molecular weight excluding hydrogens is 250 g/mol. The van der Waals surface area contributed by atoms with E-state index >= 15 is 0 Å². The number of sulfonamides is 1. The third kappa shape index (κ3) is 2.70. The van der Waals surface area contributed by atoms with Gasteiger partial charge in [-0.2, -0.15) is 0 Å². The maximum atomic E-state index is 11.9. The summed E-state index contributed by atoms with van der Waals surface area (Å²) in [4.78, 5) is 3.86. The highest BCUT2D eigenvalue weighted by atomic mass is 35.5. The smallest absolute Gasteiger partial charge is 0.242 e. The second kappa shape index (κ2) is 4.67. The fourth-order valence-electron chi connectivity index (χ4n) is 1.58. The van der Waals surface area contributed by atoms with Gasteiger partial charge in [-0.25, -0.2) is 13.1 Å². The largest absolute Gasteiger partial charge is 0.315 e. The first-order valence-electron chi connectivity index (χ1n) is 4.91. The molecule has 2 rings (SSSR count). The molecule has 0 radical (unpaired) electrons. The number of aromatic nitrogens is 1. The first kappa shape index (κ1) is 11.8. The number of hydrogen-bond acceptors (Lipinski definition) is 4. The van der Waals surface area contributed by atoms with Crippen molar-refractivity contribution in [3.8, 4) is 0 Å². The molecule has 2 heterocycles. The van der Waals surface area contributed by atoms with Gasteiger partial charge in [-0.05, 0) is 19.0 Å². The average Bonchev–Trinajstić information content (AvgIpc) is 2.70. The fraction of sp³-hybridized carbons (Fsp3) is 0.444. The molecule has 1 saturated heterocycles. The normalized spacial score (nSPS) is 21.2. The summed E-state index contributed by atoms with van der Waals surface area (Å²) in [6.45, 7) is 1.49. The van der Waals surface area contributed by atoms with Crippen molar-refractivity contribution in [3.05, 3.63) is 23.5 Å². The van der Waals surface area contributed by atoms with Crippen LogP contribution in [0.4, 0.5) is 0 Å². The molecule has 1 aromatic heterocycles. The maximum Gasteiger partial charge on any atom is 0.242 e. The molecule has 1 atom stereocenters. The third-order valence-electron chi connectivity index (χ3n) is 2.37. The lowest BCUT2D eigenvalue weighted by Crippen LogP contribution is -2.36. The van der Waals surface area contributed by atoms with Crippen LogP contribution in [0.2, 0.25) is 5.02 Å². The summed E-state index contributed by atoms with van der Waals surface area (Å²) >= 11 is 5.70. The SMILES string of the molecule is O=S(=O)(NC1CCNC1)c1cncc(Cl)c1. The zero-order valence-electron chi connectivity index (χ0n) is 8.48. The number of rotatable bonds is 3. The molecule has 16 heavy (non-hydrogen) atoms. The van der Waals surface area contributed by atoms with E-state index in [0.29, 0.717) is 11.6 Å². The summed E-state index contributed by atoms with van der Waals surface area (Å²) in [5.41, 5.74) is 0. The second-order valence-electron chi connectivity index (χ2n) is 3.65. The fourth-order valence-corrected chi connectivity index (χ4v) is 3.08. The van der Waals surface area contributed by atoms with E-state index in [2.05, 4.69) is 15.0 Å². The highest BCUT2D eigenvalue weighted by Crippen LogP contribution is 2.14. The Morgan fingerprint density at radius 2 is 2.31 bits per heavy atom.